The standard InChI is InChI=1S/C7H12N4/c1-5-6(7(8)9-2)10-4-11(5)3/h4,9H,1,8H2,2-3H3/b7-6-. The highest BCUT2D eigenvalue weighted by molar-refractivity contribution is 5.34. The topological polar surface area (TPSA) is 55.9 Å². The Kier molecular flexibility index (Phi) is 1.85. The second kappa shape index (κ2) is 2.65. The quantitative estimate of drug-likeness (QED) is 0.493. The van der Waals surface area contributed by atoms with Crippen molar-refractivity contribution in [2.45, 2.75) is 0 Å². The zero-order valence-electron chi connectivity index (χ0n) is 6.76. The van der Waals surface area contributed by atoms with Gasteiger partial charge in [-0.3, -0.25) is 0 Å². The molecule has 60 valence electrons. The summed E-state index contributed by atoms with van der Waals surface area (Å²) in [7, 11) is 3.63. The maximum atomic E-state index is 5.60. The number of rotatable bonds is 1. The zero-order valence-corrected chi connectivity index (χ0v) is 6.76. The van der Waals surface area contributed by atoms with Crippen molar-refractivity contribution in [3.63, 3.8) is 0 Å². The van der Waals surface area contributed by atoms with Gasteiger partial charge in [-0.05, 0) is 0 Å². The van der Waals surface area contributed by atoms with Gasteiger partial charge in [0.25, 0.3) is 0 Å². The number of nitrogens with one attached hydrogen (secondary N) is 1. The third kappa shape index (κ3) is 1.19. The minimum absolute atomic E-state index is 0.551. The van der Waals surface area contributed by atoms with Crippen LogP contribution in [0.15, 0.2) is 6.33 Å². The highest BCUT2D eigenvalue weighted by Crippen LogP contribution is 1.65. The third-order valence-corrected chi connectivity index (χ3v) is 1.58. The molecule has 11 heavy (non-hydrogen) atoms. The summed E-state index contributed by atoms with van der Waals surface area (Å²) in [5, 5.41) is 4.35. The molecule has 3 N–H and O–H groups in total. The van der Waals surface area contributed by atoms with Crippen LogP contribution in [0.4, 0.5) is 0 Å². The van der Waals surface area contributed by atoms with Crippen molar-refractivity contribution in [3.05, 3.63) is 17.0 Å². The second-order valence-corrected chi connectivity index (χ2v) is 2.31. The normalized spacial score (nSPS) is 12.9. The first-order valence-electron chi connectivity index (χ1n) is 3.30. The second-order valence-electron chi connectivity index (χ2n) is 2.31. The highest BCUT2D eigenvalue weighted by atomic mass is 15.0. The Labute approximate surface area is 65.0 Å². The third-order valence-electron chi connectivity index (χ3n) is 1.58. The van der Waals surface area contributed by atoms with Gasteiger partial charge in [0.15, 0.2) is 0 Å². The first kappa shape index (κ1) is 7.65. The van der Waals surface area contributed by atoms with Gasteiger partial charge in [-0.25, -0.2) is 4.98 Å². The fourth-order valence-corrected chi connectivity index (χ4v) is 0.799. The molecule has 0 bridgehead atoms. The lowest BCUT2D eigenvalue weighted by Crippen LogP contribution is -2.35. The first-order valence-corrected chi connectivity index (χ1v) is 3.30. The molecule has 0 aliphatic carbocycles. The molecule has 0 unspecified atom stereocenters. The largest absolute Gasteiger partial charge is 0.384 e. The summed E-state index contributed by atoms with van der Waals surface area (Å²) in [6.45, 7) is 3.81. The molecule has 0 aromatic carbocycles. The zero-order chi connectivity index (χ0) is 8.43. The molecule has 1 rings (SSSR count). The predicted octanol–water partition coefficient (Wildman–Crippen LogP) is -1.93. The van der Waals surface area contributed by atoms with Gasteiger partial charge in [0.1, 0.15) is 11.2 Å². The Bertz CT molecular complexity index is 349. The van der Waals surface area contributed by atoms with Crippen LogP contribution in [-0.4, -0.2) is 16.6 Å². The molecule has 4 heteroatoms. The van der Waals surface area contributed by atoms with Crippen LogP contribution >= 0.6 is 0 Å². The van der Waals surface area contributed by atoms with Gasteiger partial charge in [0.05, 0.1) is 11.7 Å². The van der Waals surface area contributed by atoms with Crippen molar-refractivity contribution in [1.82, 2.24) is 14.9 Å². The molecule has 1 aromatic heterocycles. The summed E-state index contributed by atoms with van der Waals surface area (Å²) < 4.78 is 1.82. The molecular formula is C7H12N4. The van der Waals surface area contributed by atoms with Crippen LogP contribution < -0.4 is 21.7 Å². The molecule has 0 atom stereocenters. The molecule has 0 amide bonds. The van der Waals surface area contributed by atoms with Crippen molar-refractivity contribution in [2.75, 3.05) is 7.05 Å². The lowest BCUT2D eigenvalue weighted by Gasteiger charge is -1.94. The minimum Gasteiger partial charge on any atom is -0.384 e. The molecule has 1 heterocycles. The number of nitrogens with two attached hydrogens (primary N) is 1. The van der Waals surface area contributed by atoms with Crippen molar-refractivity contribution >= 4 is 12.4 Å². The molecule has 4 nitrogen and oxygen atoms in total. The molecule has 1 aromatic rings. The average molecular weight is 152 g/mol. The Balaban J connectivity index is 3.48. The summed E-state index contributed by atoms with van der Waals surface area (Å²) in [5.74, 6) is 0.551. The number of imidazole rings is 1. The molecular weight excluding hydrogens is 140 g/mol. The van der Waals surface area contributed by atoms with Gasteiger partial charge < -0.3 is 15.6 Å². The van der Waals surface area contributed by atoms with Crippen LogP contribution in [0.5, 0.6) is 0 Å². The van der Waals surface area contributed by atoms with Crippen LogP contribution in [0.3, 0.4) is 0 Å². The van der Waals surface area contributed by atoms with E-state index < -0.39 is 0 Å². The van der Waals surface area contributed by atoms with E-state index in [9.17, 15) is 0 Å². The van der Waals surface area contributed by atoms with E-state index in [0.717, 1.165) is 10.7 Å². The van der Waals surface area contributed by atoms with Crippen molar-refractivity contribution < 1.29 is 0 Å². The van der Waals surface area contributed by atoms with Gasteiger partial charge in [-0.15, -0.1) is 0 Å². The van der Waals surface area contributed by atoms with Crippen LogP contribution in [0, 0.1) is 0 Å². The SMILES string of the molecule is C=c1/c(=C(\N)NC)ncn1C. The minimum atomic E-state index is 0.551. The number of hydrogen-bond donors (Lipinski definition) is 2. The van der Waals surface area contributed by atoms with E-state index in [1.807, 2.05) is 11.6 Å². The molecule has 0 aliphatic rings. The Morgan fingerprint density at radius 1 is 1.82 bits per heavy atom. The molecule has 0 fully saturated rings. The lowest BCUT2D eigenvalue weighted by atomic mass is 10.5. The van der Waals surface area contributed by atoms with E-state index in [-0.39, 0.29) is 0 Å². The van der Waals surface area contributed by atoms with E-state index in [1.165, 1.54) is 0 Å². The summed E-state index contributed by atoms with van der Waals surface area (Å²) in [6, 6.07) is 0. The first-order chi connectivity index (χ1) is 5.16. The summed E-state index contributed by atoms with van der Waals surface area (Å²) in [5.41, 5.74) is 5.60. The number of aryl methyl sites for hydroxylation is 1. The highest BCUT2D eigenvalue weighted by Gasteiger charge is 1.93. The number of hydrogen-bond acceptors (Lipinski definition) is 3. The monoisotopic (exact) mass is 152 g/mol. The smallest absolute Gasteiger partial charge is 0.127 e. The number of aromatic nitrogens is 2. The maximum absolute atomic E-state index is 5.60. The van der Waals surface area contributed by atoms with Crippen LogP contribution in [-0.2, 0) is 7.05 Å². The Morgan fingerprint density at radius 3 is 2.82 bits per heavy atom. The van der Waals surface area contributed by atoms with Crippen molar-refractivity contribution in [2.24, 2.45) is 12.8 Å². The van der Waals surface area contributed by atoms with Gasteiger partial charge in [-0.2, -0.15) is 0 Å². The fourth-order valence-electron chi connectivity index (χ4n) is 0.799. The van der Waals surface area contributed by atoms with Gasteiger partial charge >= 0.3 is 0 Å². The summed E-state index contributed by atoms with van der Waals surface area (Å²) in [4.78, 5) is 4.06. The fraction of sp³-hybridized carbons (Fsp3) is 0.286. The van der Waals surface area contributed by atoms with E-state index in [2.05, 4.69) is 16.9 Å². The van der Waals surface area contributed by atoms with Gasteiger partial charge in [0, 0.05) is 14.1 Å². The molecule has 0 saturated heterocycles. The van der Waals surface area contributed by atoms with Crippen LogP contribution in [0.2, 0.25) is 0 Å². The van der Waals surface area contributed by atoms with Gasteiger partial charge in [-0.1, -0.05) is 6.58 Å². The van der Waals surface area contributed by atoms with E-state index in [1.54, 1.807) is 13.4 Å². The molecule has 0 radical (unpaired) electrons. The van der Waals surface area contributed by atoms with Crippen molar-refractivity contribution in [3.8, 4) is 0 Å². The van der Waals surface area contributed by atoms with Gasteiger partial charge in [0.2, 0.25) is 0 Å². The lowest BCUT2D eigenvalue weighted by molar-refractivity contribution is 0.882. The average Bonchev–Trinajstić information content (AvgIpc) is 2.32. The Morgan fingerprint density at radius 2 is 2.45 bits per heavy atom. The molecule has 0 spiro atoms. The molecule has 0 aliphatic heterocycles. The molecule has 0 saturated carbocycles. The van der Waals surface area contributed by atoms with E-state index in [0.29, 0.717) is 5.82 Å². The maximum Gasteiger partial charge on any atom is 0.127 e. The number of nitrogens with zero attached hydrogens (tertiary/aromatic N) is 2. The predicted molar refractivity (Wildman–Crippen MR) is 44.6 cm³/mol. The van der Waals surface area contributed by atoms with Crippen LogP contribution in [0.25, 0.3) is 12.4 Å². The van der Waals surface area contributed by atoms with Crippen molar-refractivity contribution in [1.29, 1.82) is 0 Å². The van der Waals surface area contributed by atoms with E-state index >= 15 is 0 Å². The summed E-state index contributed by atoms with van der Waals surface area (Å²) in [6.07, 6.45) is 1.68. The van der Waals surface area contributed by atoms with E-state index in [4.69, 9.17) is 5.73 Å². The summed E-state index contributed by atoms with van der Waals surface area (Å²) >= 11 is 0. The Hall–Kier alpha value is -1.45. The van der Waals surface area contributed by atoms with Crippen LogP contribution in [0.1, 0.15) is 0 Å².